The van der Waals surface area contributed by atoms with Crippen LogP contribution >= 0.6 is 0 Å². The normalized spacial score (nSPS) is 11.5. The van der Waals surface area contributed by atoms with E-state index in [2.05, 4.69) is 0 Å². The minimum Gasteiger partial charge on any atom is -0.462 e. The van der Waals surface area contributed by atoms with E-state index >= 15 is 0 Å². The van der Waals surface area contributed by atoms with E-state index < -0.39 is 17.9 Å². The van der Waals surface area contributed by atoms with Gasteiger partial charge in [-0.15, -0.1) is 0 Å². The summed E-state index contributed by atoms with van der Waals surface area (Å²) < 4.78 is 20.5. The van der Waals surface area contributed by atoms with Gasteiger partial charge in [0.1, 0.15) is 5.76 Å². The molecular weight excluding hydrogens is 364 g/mol. The number of esters is 3. The maximum absolute atomic E-state index is 11.9. The first-order chi connectivity index (χ1) is 13.2. The van der Waals surface area contributed by atoms with Crippen molar-refractivity contribution in [3.05, 3.63) is 35.3 Å². The molecule has 1 rings (SSSR count). The Morgan fingerprint density at radius 3 is 1.96 bits per heavy atom. The molecule has 154 valence electrons. The van der Waals surface area contributed by atoms with Crippen LogP contribution in [0.2, 0.25) is 0 Å². The lowest BCUT2D eigenvalue weighted by Crippen LogP contribution is -2.07. The summed E-state index contributed by atoms with van der Waals surface area (Å²) >= 11 is 0. The number of carbonyl (C=O) groups is 3. The molecule has 1 heterocycles. The van der Waals surface area contributed by atoms with Crippen molar-refractivity contribution in [2.24, 2.45) is 11.8 Å². The number of hydrogen-bond acceptors (Lipinski definition) is 7. The molecule has 7 heteroatoms. The Morgan fingerprint density at radius 1 is 0.929 bits per heavy atom. The lowest BCUT2D eigenvalue weighted by molar-refractivity contribution is -0.139. The van der Waals surface area contributed by atoms with Crippen LogP contribution in [0.15, 0.2) is 22.6 Å². The Kier molecular flexibility index (Phi) is 9.78. The topological polar surface area (TPSA) is 92.0 Å². The van der Waals surface area contributed by atoms with Crippen LogP contribution in [0.3, 0.4) is 0 Å². The second kappa shape index (κ2) is 11.8. The summed E-state index contributed by atoms with van der Waals surface area (Å²) in [6.45, 7) is 10.2. The number of furan rings is 1. The van der Waals surface area contributed by atoms with E-state index in [1.807, 2.05) is 27.7 Å². The molecule has 0 radical (unpaired) electrons. The van der Waals surface area contributed by atoms with Crippen LogP contribution in [0.4, 0.5) is 0 Å². The Bertz CT molecular complexity index is 672. The molecule has 0 aliphatic rings. The average molecular weight is 392 g/mol. The maximum Gasteiger partial charge on any atom is 0.374 e. The standard InChI is InChI=1S/C21H28O7/c1-6-25-21(24)18-11-16(7-9-19(22)26-12-14(2)3)17(28-18)8-10-20(23)27-13-15(4)5/h7-11,14-15H,6,12-13H2,1-5H3/b9-7+,10-8+. The zero-order valence-electron chi connectivity index (χ0n) is 17.0. The van der Waals surface area contributed by atoms with Crippen molar-refractivity contribution in [2.45, 2.75) is 34.6 Å². The van der Waals surface area contributed by atoms with Gasteiger partial charge >= 0.3 is 17.9 Å². The van der Waals surface area contributed by atoms with Gasteiger partial charge in [-0.25, -0.2) is 14.4 Å². The summed E-state index contributed by atoms with van der Waals surface area (Å²) in [5.74, 6) is -1.07. The number of hydrogen-bond donors (Lipinski definition) is 0. The Balaban J connectivity index is 2.97. The molecule has 0 aliphatic heterocycles. The molecule has 1 aromatic rings. The van der Waals surface area contributed by atoms with Crippen LogP contribution < -0.4 is 0 Å². The van der Waals surface area contributed by atoms with Crippen LogP contribution in [0.25, 0.3) is 12.2 Å². The van der Waals surface area contributed by atoms with Crippen molar-refractivity contribution < 1.29 is 33.0 Å². The summed E-state index contributed by atoms with van der Waals surface area (Å²) in [6, 6.07) is 1.43. The molecule has 0 atom stereocenters. The van der Waals surface area contributed by atoms with E-state index in [0.717, 1.165) is 0 Å². The lowest BCUT2D eigenvalue weighted by Gasteiger charge is -2.04. The first-order valence-electron chi connectivity index (χ1n) is 9.23. The molecule has 0 saturated carbocycles. The predicted octanol–water partition coefficient (Wildman–Crippen LogP) is 3.88. The van der Waals surface area contributed by atoms with Gasteiger partial charge in [-0.05, 0) is 37.0 Å². The van der Waals surface area contributed by atoms with Crippen molar-refractivity contribution in [1.29, 1.82) is 0 Å². The molecule has 0 aromatic carbocycles. The van der Waals surface area contributed by atoms with Gasteiger partial charge in [-0.2, -0.15) is 0 Å². The van der Waals surface area contributed by atoms with Crippen LogP contribution in [0.1, 0.15) is 56.5 Å². The SMILES string of the molecule is CCOC(=O)c1cc(/C=C/C(=O)OCC(C)C)c(/C=C/C(=O)OCC(C)C)o1. The highest BCUT2D eigenvalue weighted by Crippen LogP contribution is 2.20. The van der Waals surface area contributed by atoms with E-state index in [1.165, 1.54) is 30.4 Å². The first kappa shape index (κ1) is 23.2. The summed E-state index contributed by atoms with van der Waals surface area (Å²) in [5, 5.41) is 0. The van der Waals surface area contributed by atoms with Gasteiger partial charge in [0.15, 0.2) is 0 Å². The molecule has 0 amide bonds. The largest absolute Gasteiger partial charge is 0.462 e. The van der Waals surface area contributed by atoms with E-state index in [-0.39, 0.29) is 30.0 Å². The average Bonchev–Trinajstić information content (AvgIpc) is 3.04. The smallest absolute Gasteiger partial charge is 0.374 e. The Labute approximate surface area is 165 Å². The molecular formula is C21H28O7. The molecule has 0 spiro atoms. The van der Waals surface area contributed by atoms with Crippen molar-refractivity contribution in [3.8, 4) is 0 Å². The van der Waals surface area contributed by atoms with Crippen molar-refractivity contribution in [1.82, 2.24) is 0 Å². The molecule has 0 unspecified atom stereocenters. The quantitative estimate of drug-likeness (QED) is 0.339. The highest BCUT2D eigenvalue weighted by Gasteiger charge is 2.16. The van der Waals surface area contributed by atoms with Crippen LogP contribution in [0.5, 0.6) is 0 Å². The van der Waals surface area contributed by atoms with Crippen LogP contribution in [-0.4, -0.2) is 37.7 Å². The van der Waals surface area contributed by atoms with Gasteiger partial charge in [0.2, 0.25) is 5.76 Å². The highest BCUT2D eigenvalue weighted by molar-refractivity contribution is 5.92. The van der Waals surface area contributed by atoms with Gasteiger partial charge in [-0.1, -0.05) is 27.7 Å². The van der Waals surface area contributed by atoms with Crippen molar-refractivity contribution in [3.63, 3.8) is 0 Å². The second-order valence-corrected chi connectivity index (χ2v) is 6.87. The highest BCUT2D eigenvalue weighted by atomic mass is 16.5. The van der Waals surface area contributed by atoms with E-state index in [0.29, 0.717) is 18.8 Å². The molecule has 0 N–H and O–H groups in total. The zero-order chi connectivity index (χ0) is 21.1. The molecule has 0 saturated heterocycles. The summed E-state index contributed by atoms with van der Waals surface area (Å²) in [6.07, 6.45) is 5.26. The summed E-state index contributed by atoms with van der Waals surface area (Å²) in [7, 11) is 0. The third-order valence-corrected chi connectivity index (χ3v) is 3.16. The van der Waals surface area contributed by atoms with Gasteiger partial charge in [0.25, 0.3) is 0 Å². The summed E-state index contributed by atoms with van der Waals surface area (Å²) in [5.41, 5.74) is 0.428. The monoisotopic (exact) mass is 392 g/mol. The number of ether oxygens (including phenoxy) is 3. The van der Waals surface area contributed by atoms with Crippen molar-refractivity contribution >= 4 is 30.1 Å². The Morgan fingerprint density at radius 2 is 1.46 bits per heavy atom. The fraction of sp³-hybridized carbons (Fsp3) is 0.476. The van der Waals surface area contributed by atoms with Gasteiger partial charge in [0, 0.05) is 17.7 Å². The third-order valence-electron chi connectivity index (χ3n) is 3.16. The van der Waals surface area contributed by atoms with Crippen LogP contribution in [-0.2, 0) is 23.8 Å². The van der Waals surface area contributed by atoms with Gasteiger partial charge < -0.3 is 18.6 Å². The zero-order valence-corrected chi connectivity index (χ0v) is 17.0. The predicted molar refractivity (Wildman–Crippen MR) is 104 cm³/mol. The lowest BCUT2D eigenvalue weighted by atomic mass is 10.2. The molecule has 1 aromatic heterocycles. The number of carbonyl (C=O) groups excluding carboxylic acids is 3. The molecule has 7 nitrogen and oxygen atoms in total. The molecule has 0 fully saturated rings. The first-order valence-corrected chi connectivity index (χ1v) is 9.23. The van der Waals surface area contributed by atoms with E-state index in [4.69, 9.17) is 18.6 Å². The van der Waals surface area contributed by atoms with Crippen molar-refractivity contribution in [2.75, 3.05) is 19.8 Å². The fourth-order valence-corrected chi connectivity index (χ4v) is 1.88. The third kappa shape index (κ3) is 8.70. The maximum atomic E-state index is 11.9. The summed E-state index contributed by atoms with van der Waals surface area (Å²) in [4.78, 5) is 35.4. The molecule has 28 heavy (non-hydrogen) atoms. The van der Waals surface area contributed by atoms with E-state index in [1.54, 1.807) is 6.92 Å². The Hall–Kier alpha value is -2.83. The van der Waals surface area contributed by atoms with Gasteiger partial charge in [-0.3, -0.25) is 0 Å². The second-order valence-electron chi connectivity index (χ2n) is 6.87. The molecule has 0 bridgehead atoms. The van der Waals surface area contributed by atoms with Crippen LogP contribution in [0, 0.1) is 11.8 Å². The van der Waals surface area contributed by atoms with E-state index in [9.17, 15) is 14.4 Å². The molecule has 0 aliphatic carbocycles. The minimum absolute atomic E-state index is 0.0350. The minimum atomic E-state index is -0.637. The van der Waals surface area contributed by atoms with Gasteiger partial charge in [0.05, 0.1) is 19.8 Å². The fourth-order valence-electron chi connectivity index (χ4n) is 1.88. The number of rotatable bonds is 10.